The number of carbonyl (C=O) groups is 2. The molecule has 11 heteroatoms. The van der Waals surface area contributed by atoms with E-state index in [1.807, 2.05) is 141 Å². The molecule has 2 amide bonds. The highest BCUT2D eigenvalue weighted by atomic mass is 16.2. The first-order valence-corrected chi connectivity index (χ1v) is 20.9. The van der Waals surface area contributed by atoms with Crippen molar-refractivity contribution < 1.29 is 9.59 Å². The fourth-order valence-corrected chi connectivity index (χ4v) is 6.98. The minimum absolute atomic E-state index is 0.0554. The van der Waals surface area contributed by atoms with E-state index in [1.165, 1.54) is 0 Å². The second-order valence-electron chi connectivity index (χ2n) is 12.4. The van der Waals surface area contributed by atoms with Crippen molar-refractivity contribution in [2.75, 3.05) is 10.6 Å². The van der Waals surface area contributed by atoms with Gasteiger partial charge in [-0.15, -0.1) is 0 Å². The highest BCUT2D eigenvalue weighted by molar-refractivity contribution is 6.08. The number of fused-ring (bicyclic) bond motifs is 4. The molecule has 3 aromatic carbocycles. The number of anilines is 4. The smallest absolute Gasteiger partial charge is 0.254 e. The number of hydrogen-bond acceptors (Lipinski definition) is 7. The Morgan fingerprint density at radius 3 is 1.53 bits per heavy atom. The SMILES string of the molecule is CC.CC.CC.CC.O=C1NCc2c(-c3c[nH]c4ccccc34)ccc(Nc3ccccn3)c21.O=C1NCc2c(-c3c[nH]c4ccccc34)ncc(Nc3ccccn3)c21. The van der Waals surface area contributed by atoms with Gasteiger partial charge in [0.25, 0.3) is 11.8 Å². The molecule has 5 aromatic heterocycles. The molecule has 308 valence electrons. The molecular formula is C49H55N9O2. The summed E-state index contributed by atoms with van der Waals surface area (Å²) >= 11 is 0. The number of hydrogen-bond donors (Lipinski definition) is 6. The number of para-hydroxylation sites is 2. The first-order chi connectivity index (χ1) is 29.6. The summed E-state index contributed by atoms with van der Waals surface area (Å²) in [7, 11) is 0. The number of aromatic nitrogens is 5. The van der Waals surface area contributed by atoms with Gasteiger partial charge in [-0.3, -0.25) is 14.6 Å². The van der Waals surface area contributed by atoms with Gasteiger partial charge in [0.15, 0.2) is 0 Å². The number of carbonyl (C=O) groups excluding carboxylic acids is 2. The first-order valence-electron chi connectivity index (χ1n) is 20.9. The van der Waals surface area contributed by atoms with Crippen molar-refractivity contribution in [2.45, 2.75) is 68.5 Å². The molecule has 11 nitrogen and oxygen atoms in total. The summed E-state index contributed by atoms with van der Waals surface area (Å²) in [6, 6.07) is 31.5. The Morgan fingerprint density at radius 1 is 0.483 bits per heavy atom. The maximum Gasteiger partial charge on any atom is 0.254 e. The molecule has 60 heavy (non-hydrogen) atoms. The van der Waals surface area contributed by atoms with Gasteiger partial charge in [0.2, 0.25) is 0 Å². The van der Waals surface area contributed by atoms with Crippen LogP contribution in [0.4, 0.5) is 23.0 Å². The van der Waals surface area contributed by atoms with E-state index in [9.17, 15) is 9.59 Å². The summed E-state index contributed by atoms with van der Waals surface area (Å²) in [5, 5.41) is 14.6. The summed E-state index contributed by atoms with van der Waals surface area (Å²) in [5.41, 5.74) is 10.8. The molecule has 7 heterocycles. The van der Waals surface area contributed by atoms with Gasteiger partial charge < -0.3 is 31.2 Å². The zero-order chi connectivity index (χ0) is 43.0. The van der Waals surface area contributed by atoms with E-state index in [4.69, 9.17) is 0 Å². The van der Waals surface area contributed by atoms with E-state index in [1.54, 1.807) is 18.6 Å². The minimum Gasteiger partial charge on any atom is -0.361 e. The maximum absolute atomic E-state index is 12.5. The molecule has 2 aliphatic rings. The summed E-state index contributed by atoms with van der Waals surface area (Å²) in [6.07, 6.45) is 9.09. The van der Waals surface area contributed by atoms with Gasteiger partial charge in [0.1, 0.15) is 11.6 Å². The number of aromatic amines is 2. The second kappa shape index (κ2) is 21.5. The van der Waals surface area contributed by atoms with Crippen molar-refractivity contribution in [3.8, 4) is 22.4 Å². The summed E-state index contributed by atoms with van der Waals surface area (Å²) in [5.74, 6) is 1.24. The van der Waals surface area contributed by atoms with Crippen LogP contribution in [0.2, 0.25) is 0 Å². The van der Waals surface area contributed by atoms with Gasteiger partial charge in [0, 0.05) is 76.4 Å². The molecule has 0 spiro atoms. The average molecular weight is 802 g/mol. The predicted octanol–water partition coefficient (Wildman–Crippen LogP) is 11.9. The number of rotatable bonds is 6. The molecule has 10 rings (SSSR count). The molecule has 0 fully saturated rings. The first kappa shape index (κ1) is 43.8. The van der Waals surface area contributed by atoms with Gasteiger partial charge in [-0.2, -0.15) is 0 Å². The van der Waals surface area contributed by atoms with E-state index in [0.717, 1.165) is 61.0 Å². The summed E-state index contributed by atoms with van der Waals surface area (Å²) in [6.45, 7) is 17.0. The number of nitrogens with zero attached hydrogens (tertiary/aromatic N) is 3. The number of nitrogens with one attached hydrogen (secondary N) is 6. The van der Waals surface area contributed by atoms with E-state index in [-0.39, 0.29) is 11.8 Å². The van der Waals surface area contributed by atoms with Gasteiger partial charge in [-0.25, -0.2) is 9.97 Å². The Bertz CT molecular complexity index is 2450. The summed E-state index contributed by atoms with van der Waals surface area (Å²) in [4.78, 5) is 44.7. The lowest BCUT2D eigenvalue weighted by Crippen LogP contribution is -2.13. The van der Waals surface area contributed by atoms with Gasteiger partial charge >= 0.3 is 0 Å². The lowest BCUT2D eigenvalue weighted by Gasteiger charge is -2.12. The highest BCUT2D eigenvalue weighted by Crippen LogP contribution is 2.38. The molecule has 8 aromatic rings. The van der Waals surface area contributed by atoms with Crippen LogP contribution in [0.1, 0.15) is 87.2 Å². The monoisotopic (exact) mass is 801 g/mol. The van der Waals surface area contributed by atoms with Crippen molar-refractivity contribution in [3.05, 3.63) is 150 Å². The van der Waals surface area contributed by atoms with Crippen LogP contribution in [0.25, 0.3) is 44.2 Å². The van der Waals surface area contributed by atoms with Crippen LogP contribution in [-0.4, -0.2) is 36.7 Å². The molecule has 2 aliphatic heterocycles. The van der Waals surface area contributed by atoms with Gasteiger partial charge in [-0.05, 0) is 53.6 Å². The Hall–Kier alpha value is -7.27. The molecule has 0 bridgehead atoms. The third-order valence-corrected chi connectivity index (χ3v) is 9.38. The quantitative estimate of drug-likeness (QED) is 0.0979. The lowest BCUT2D eigenvalue weighted by molar-refractivity contribution is 0.0958. The summed E-state index contributed by atoms with van der Waals surface area (Å²) < 4.78 is 0. The van der Waals surface area contributed by atoms with Crippen LogP contribution in [-0.2, 0) is 13.1 Å². The molecule has 0 unspecified atom stereocenters. The van der Waals surface area contributed by atoms with Crippen molar-refractivity contribution in [2.24, 2.45) is 0 Å². The minimum atomic E-state index is -0.0954. The Balaban J connectivity index is 0.000000196. The fraction of sp³-hybridized carbons (Fsp3) is 0.204. The molecular weight excluding hydrogens is 747 g/mol. The highest BCUT2D eigenvalue weighted by Gasteiger charge is 2.29. The Morgan fingerprint density at radius 2 is 0.967 bits per heavy atom. The van der Waals surface area contributed by atoms with Gasteiger partial charge in [-0.1, -0.05) is 110 Å². The van der Waals surface area contributed by atoms with Crippen molar-refractivity contribution in [1.29, 1.82) is 0 Å². The number of pyridine rings is 3. The van der Waals surface area contributed by atoms with Crippen LogP contribution in [0.15, 0.2) is 128 Å². The molecule has 0 atom stereocenters. The largest absolute Gasteiger partial charge is 0.361 e. The van der Waals surface area contributed by atoms with Crippen molar-refractivity contribution in [1.82, 2.24) is 35.6 Å². The standard InChI is InChI=1S/C21H16N4O.C20H15N5O.4C2H6/c26-21-20-16(12-24-21)13(15-11-23-17-6-2-1-5-14(15)17)8-9-18(20)25-19-7-3-4-10-22-19;26-20-18-14(10-24-20)19(13-9-22-15-6-2-1-5-12(13)15)23-11-16(18)25-17-7-3-4-8-21-17;4*1-2/h1-11,23H,12H2,(H,22,25)(H,24,26);1-9,11,22H,10H2,(H,21,25)(H,24,26);4*1-2H3. The topological polar surface area (TPSA) is 153 Å². The number of amides is 2. The van der Waals surface area contributed by atoms with E-state index < -0.39 is 0 Å². The van der Waals surface area contributed by atoms with Crippen molar-refractivity contribution in [3.63, 3.8) is 0 Å². The second-order valence-corrected chi connectivity index (χ2v) is 12.4. The van der Waals surface area contributed by atoms with Crippen LogP contribution < -0.4 is 21.3 Å². The molecule has 6 N–H and O–H groups in total. The normalized spacial score (nSPS) is 11.5. The number of H-pyrrole nitrogens is 2. The third-order valence-electron chi connectivity index (χ3n) is 9.38. The Labute approximate surface area is 352 Å². The van der Waals surface area contributed by atoms with E-state index in [2.05, 4.69) is 70.5 Å². The molecule has 0 saturated heterocycles. The average Bonchev–Trinajstić information content (AvgIpc) is 4.14. The Kier molecular flexibility index (Phi) is 15.7. The van der Waals surface area contributed by atoms with Crippen LogP contribution in [0.5, 0.6) is 0 Å². The number of benzene rings is 3. The fourth-order valence-electron chi connectivity index (χ4n) is 6.98. The van der Waals surface area contributed by atoms with Crippen LogP contribution in [0, 0.1) is 0 Å². The third kappa shape index (κ3) is 9.21. The van der Waals surface area contributed by atoms with Crippen molar-refractivity contribution >= 4 is 56.6 Å². The predicted molar refractivity (Wildman–Crippen MR) is 248 cm³/mol. The van der Waals surface area contributed by atoms with Crippen LogP contribution >= 0.6 is 0 Å². The molecule has 0 saturated carbocycles. The molecule has 0 radical (unpaired) electrons. The maximum atomic E-state index is 12.5. The van der Waals surface area contributed by atoms with E-state index >= 15 is 0 Å². The zero-order valence-electron chi connectivity index (χ0n) is 35.7. The molecule has 0 aliphatic carbocycles. The van der Waals surface area contributed by atoms with E-state index in [0.29, 0.717) is 41.5 Å². The zero-order valence-corrected chi connectivity index (χ0v) is 35.7. The van der Waals surface area contributed by atoms with Gasteiger partial charge in [0.05, 0.1) is 34.4 Å². The van der Waals surface area contributed by atoms with Crippen LogP contribution in [0.3, 0.4) is 0 Å². The lowest BCUT2D eigenvalue weighted by atomic mass is 9.95.